The van der Waals surface area contributed by atoms with Crippen LogP contribution in [0.5, 0.6) is 0 Å². The van der Waals surface area contributed by atoms with Crippen molar-refractivity contribution in [2.24, 2.45) is 23.7 Å². The molecule has 2 aliphatic rings. The van der Waals surface area contributed by atoms with E-state index in [1.54, 1.807) is 0 Å². The fraction of sp³-hybridized carbons (Fsp3) is 0.739. The molecule has 8 heteroatoms. The van der Waals surface area contributed by atoms with Gasteiger partial charge in [0.05, 0.1) is 30.7 Å². The first kappa shape index (κ1) is 28.3. The summed E-state index contributed by atoms with van der Waals surface area (Å²) in [7, 11) is 0. The van der Waals surface area contributed by atoms with Crippen LogP contribution >= 0.6 is 0 Å². The minimum atomic E-state index is -1.10. The Balaban J connectivity index is 0.00000480. The van der Waals surface area contributed by atoms with Gasteiger partial charge in [-0.15, -0.1) is 0 Å². The Morgan fingerprint density at radius 2 is 1.94 bits per heavy atom. The Hall–Kier alpha value is -0.700. The van der Waals surface area contributed by atoms with Gasteiger partial charge >= 0.3 is 11.9 Å². The van der Waals surface area contributed by atoms with Gasteiger partial charge in [-0.2, -0.15) is 0 Å². The molecule has 0 saturated carbocycles. The van der Waals surface area contributed by atoms with Crippen molar-refractivity contribution in [2.45, 2.75) is 83.7 Å². The second-order valence-corrected chi connectivity index (χ2v) is 8.88. The third-order valence-electron chi connectivity index (χ3n) is 6.44. The second kappa shape index (κ2) is 13.1. The average Bonchev–Trinajstić information content (AvgIpc) is 2.65. The van der Waals surface area contributed by atoms with Crippen molar-refractivity contribution in [1.82, 2.24) is 0 Å². The van der Waals surface area contributed by atoms with E-state index in [2.05, 4.69) is 13.0 Å². The number of hydrogen-bond donors (Lipinski definition) is 4. The van der Waals surface area contributed by atoms with Crippen LogP contribution < -0.4 is 0 Å². The smallest absolute Gasteiger partial charge is 0.308 e. The fourth-order valence-corrected chi connectivity index (χ4v) is 4.52. The number of fused-ring (bicyclic) bond motifs is 1. The molecule has 0 unspecified atom stereocenters. The maximum absolute atomic E-state index is 12.4. The van der Waals surface area contributed by atoms with E-state index in [1.165, 1.54) is 0 Å². The predicted molar refractivity (Wildman–Crippen MR) is 117 cm³/mol. The summed E-state index contributed by atoms with van der Waals surface area (Å²) in [6.07, 6.45) is 4.64. The summed E-state index contributed by atoms with van der Waals surface area (Å²) in [5.74, 6) is -1.31. The van der Waals surface area contributed by atoms with Gasteiger partial charge in [-0.1, -0.05) is 39.0 Å². The zero-order valence-corrected chi connectivity index (χ0v) is 21.1. The molecular formula is C23H36NaO7. The molecule has 4 N–H and O–H groups in total. The Morgan fingerprint density at radius 3 is 2.55 bits per heavy atom. The van der Waals surface area contributed by atoms with E-state index in [0.717, 1.165) is 5.57 Å². The molecule has 31 heavy (non-hydrogen) atoms. The van der Waals surface area contributed by atoms with Crippen molar-refractivity contribution in [3.05, 3.63) is 23.8 Å². The number of aliphatic hydroxyl groups excluding tert-OH is 3. The summed E-state index contributed by atoms with van der Waals surface area (Å²) in [5, 5.41) is 39.1. The Bertz CT molecular complexity index is 662. The molecule has 0 aromatic heterocycles. The molecule has 0 spiro atoms. The van der Waals surface area contributed by atoms with Crippen LogP contribution in [0.1, 0.15) is 59.3 Å². The van der Waals surface area contributed by atoms with Crippen molar-refractivity contribution < 1.29 is 34.8 Å². The van der Waals surface area contributed by atoms with Gasteiger partial charge in [-0.25, -0.2) is 0 Å². The van der Waals surface area contributed by atoms with Crippen molar-refractivity contribution in [1.29, 1.82) is 0 Å². The van der Waals surface area contributed by atoms with Crippen molar-refractivity contribution in [2.75, 3.05) is 0 Å². The zero-order valence-electron chi connectivity index (χ0n) is 19.1. The first-order valence-electron chi connectivity index (χ1n) is 11.0. The van der Waals surface area contributed by atoms with Gasteiger partial charge < -0.3 is 25.2 Å². The van der Waals surface area contributed by atoms with Crippen LogP contribution in [0.25, 0.3) is 0 Å². The number of rotatable bonds is 10. The van der Waals surface area contributed by atoms with Crippen LogP contribution in [0.15, 0.2) is 23.8 Å². The second-order valence-electron chi connectivity index (χ2n) is 8.88. The third-order valence-corrected chi connectivity index (χ3v) is 6.44. The van der Waals surface area contributed by atoms with Gasteiger partial charge in [0.2, 0.25) is 0 Å². The molecule has 2 aliphatic carbocycles. The van der Waals surface area contributed by atoms with Crippen LogP contribution in [0, 0.1) is 23.7 Å². The van der Waals surface area contributed by atoms with Crippen LogP contribution in [-0.4, -0.2) is 86.3 Å². The summed E-state index contributed by atoms with van der Waals surface area (Å²) in [6.45, 7) is 5.85. The minimum absolute atomic E-state index is 0. The number of esters is 1. The van der Waals surface area contributed by atoms with Gasteiger partial charge in [0.25, 0.3) is 0 Å². The monoisotopic (exact) mass is 447 g/mol. The average molecular weight is 448 g/mol. The molecule has 8 atom stereocenters. The van der Waals surface area contributed by atoms with Crippen molar-refractivity contribution >= 4 is 41.5 Å². The van der Waals surface area contributed by atoms with E-state index in [-0.39, 0.29) is 72.0 Å². The minimum Gasteiger partial charge on any atom is -0.481 e. The SMILES string of the molecule is CC[C@@H](C)C(=O)O[C@@H]1C[C@@H](O)C=C2C=C[C@@H](C)[C@@H](CC[C@H](O)C[C@H](O)CC(=O)O)[C@@H]21.[Na]. The normalized spacial score (nSPS) is 30.3. The molecule has 1 radical (unpaired) electrons. The number of aliphatic carboxylic acids is 1. The predicted octanol–water partition coefficient (Wildman–Crippen LogP) is 2.06. The number of ether oxygens (including phenoxy) is 1. The number of aliphatic hydroxyl groups is 3. The number of carboxylic acids is 1. The van der Waals surface area contributed by atoms with E-state index in [4.69, 9.17) is 9.84 Å². The summed E-state index contributed by atoms with van der Waals surface area (Å²) < 4.78 is 5.84. The summed E-state index contributed by atoms with van der Waals surface area (Å²) in [5.41, 5.74) is 0.958. The Morgan fingerprint density at radius 1 is 1.26 bits per heavy atom. The molecular weight excluding hydrogens is 411 g/mol. The summed E-state index contributed by atoms with van der Waals surface area (Å²) in [6, 6.07) is 0. The van der Waals surface area contributed by atoms with E-state index in [9.17, 15) is 24.9 Å². The molecule has 7 nitrogen and oxygen atoms in total. The van der Waals surface area contributed by atoms with Crippen LogP contribution in [0.2, 0.25) is 0 Å². The number of allylic oxidation sites excluding steroid dienone is 2. The largest absolute Gasteiger partial charge is 0.481 e. The van der Waals surface area contributed by atoms with Gasteiger partial charge in [-0.05, 0) is 43.1 Å². The van der Waals surface area contributed by atoms with E-state index < -0.39 is 30.4 Å². The quantitative estimate of drug-likeness (QED) is 0.298. The molecule has 0 heterocycles. The fourth-order valence-electron chi connectivity index (χ4n) is 4.52. The molecule has 0 aliphatic heterocycles. The number of carboxylic acid groups (broad SMARTS) is 1. The van der Waals surface area contributed by atoms with Gasteiger partial charge in [-0.3, -0.25) is 9.59 Å². The van der Waals surface area contributed by atoms with E-state index in [1.807, 2.05) is 26.0 Å². The zero-order chi connectivity index (χ0) is 22.4. The summed E-state index contributed by atoms with van der Waals surface area (Å²) in [4.78, 5) is 23.1. The van der Waals surface area contributed by atoms with Crippen molar-refractivity contribution in [3.63, 3.8) is 0 Å². The van der Waals surface area contributed by atoms with Gasteiger partial charge in [0, 0.05) is 41.9 Å². The molecule has 171 valence electrons. The standard InChI is InChI=1S/C23H36O7.Na/c1-4-13(2)23(29)30-20-11-17(25)9-15-6-5-14(3)19(22(15)20)8-7-16(24)10-18(26)12-21(27)28;/h5-6,9,13-14,16-20,22,24-26H,4,7-8,10-12H2,1-3H3,(H,27,28);/t13-,14-,16+,17+,18+,19-,20-,22-;/m1./s1. The third kappa shape index (κ3) is 8.30. The summed E-state index contributed by atoms with van der Waals surface area (Å²) >= 11 is 0. The van der Waals surface area contributed by atoms with Crippen LogP contribution in [0.4, 0.5) is 0 Å². The molecule has 0 saturated heterocycles. The number of hydrogen-bond acceptors (Lipinski definition) is 6. The molecule has 0 amide bonds. The van der Waals surface area contributed by atoms with E-state index in [0.29, 0.717) is 25.7 Å². The molecule has 0 aromatic carbocycles. The Labute approximate surface area is 206 Å². The van der Waals surface area contributed by atoms with E-state index >= 15 is 0 Å². The van der Waals surface area contributed by atoms with Gasteiger partial charge in [0.15, 0.2) is 0 Å². The topological polar surface area (TPSA) is 124 Å². The molecule has 0 bridgehead atoms. The maximum atomic E-state index is 12.4. The Kier molecular flexibility index (Phi) is 12.0. The molecule has 0 fully saturated rings. The first-order chi connectivity index (χ1) is 14.1. The molecule has 0 aromatic rings. The molecule has 2 rings (SSSR count). The maximum Gasteiger partial charge on any atom is 0.308 e. The van der Waals surface area contributed by atoms with Gasteiger partial charge in [0.1, 0.15) is 6.10 Å². The van der Waals surface area contributed by atoms with Crippen molar-refractivity contribution in [3.8, 4) is 0 Å². The first-order valence-corrected chi connectivity index (χ1v) is 11.0. The number of carbonyl (C=O) groups is 2. The van der Waals surface area contributed by atoms with Crippen LogP contribution in [0.3, 0.4) is 0 Å². The number of carbonyl (C=O) groups excluding carboxylic acids is 1. The van der Waals surface area contributed by atoms with Crippen LogP contribution in [-0.2, 0) is 14.3 Å².